The molecule has 0 radical (unpaired) electrons. The van der Waals surface area contributed by atoms with Crippen LogP contribution in [0.1, 0.15) is 27.7 Å². The summed E-state index contributed by atoms with van der Waals surface area (Å²) in [6.07, 6.45) is -72.4. The minimum absolute atomic E-state index is 0.790. The first kappa shape index (κ1) is 79.6. The lowest BCUT2D eigenvalue weighted by Crippen LogP contribution is -2.70. The number of carbonyl (C=O) groups is 3. The topological polar surface area (TPSA) is 671 Å². The van der Waals surface area contributed by atoms with Crippen LogP contribution < -0.4 is 16.0 Å². The fraction of sp³-hybridized carbons (Fsp3) is 0.944. The van der Waals surface area contributed by atoms with Gasteiger partial charge in [-0.2, -0.15) is 0 Å². The molecule has 562 valence electrons. The molecule has 8 aliphatic rings. The SMILES string of the molecule is CC(=O)N[C@@H]1[C@@H](O)[C@H](O[C@@H]2O[C@H](CO)[C@@H](O[C@@H]3O[C@H](CO[C@@H]4O[C@H](CO)[C@@H](O)[C@H](O)[C@@H]4O[C@H]4O[C@H](CO)[C@@H](O[C@H]5O[C@H](CO)[C@@H](O)[C@H](O)[C@H]5O)[C@H](O)[C@H]4NC(C)=O)[C@@H](O)[C@H](O[C@H]4O[C@H](CO)[C@@H](O)[C@H](O)[C@@H]4O)[C@@H]3O)[C@H](O)[C@H]2NC(C)=O)[C@@H](CO[C@@H]2O[C@@H](C)[C@@H](O)[C@@H](O)[C@@H]2O)O[C@H]1O. The van der Waals surface area contributed by atoms with Crippen LogP contribution in [0.2, 0.25) is 0 Å². The van der Waals surface area contributed by atoms with Crippen molar-refractivity contribution in [3.8, 4) is 0 Å². The average Bonchev–Trinajstić information content (AvgIpc) is 0.777. The predicted molar refractivity (Wildman–Crippen MR) is 298 cm³/mol. The van der Waals surface area contributed by atoms with Gasteiger partial charge in [-0.3, -0.25) is 14.4 Å². The Hall–Kier alpha value is -3.07. The molecule has 0 bridgehead atoms. The third kappa shape index (κ3) is 17.6. The van der Waals surface area contributed by atoms with Crippen LogP contribution in [-0.4, -0.2) is 422 Å². The Kier molecular flexibility index (Phi) is 28.3. The van der Waals surface area contributed by atoms with E-state index in [0.29, 0.717) is 0 Å². The van der Waals surface area contributed by atoms with Gasteiger partial charge in [-0.05, 0) is 6.92 Å². The Balaban J connectivity index is 1.07. The molecular formula is C54H91N3O40. The Bertz CT molecular complexity index is 2490. The van der Waals surface area contributed by atoms with Crippen molar-refractivity contribution in [2.75, 3.05) is 46.2 Å². The molecule has 8 aliphatic heterocycles. The number of aliphatic hydroxyl groups is 22. The lowest BCUT2D eigenvalue weighted by atomic mass is 9.93. The fourth-order valence-corrected chi connectivity index (χ4v) is 12.4. The summed E-state index contributed by atoms with van der Waals surface area (Å²) in [5, 5.41) is 247. The molecular weight excluding hydrogens is 1330 g/mol. The number of aliphatic hydroxyl groups excluding tert-OH is 22. The van der Waals surface area contributed by atoms with Crippen LogP contribution in [0.15, 0.2) is 0 Å². The molecule has 0 aromatic heterocycles. The summed E-state index contributed by atoms with van der Waals surface area (Å²) in [7, 11) is 0. The number of rotatable bonds is 24. The number of amides is 3. The number of hydrogen-bond donors (Lipinski definition) is 25. The van der Waals surface area contributed by atoms with E-state index in [1.807, 2.05) is 0 Å². The number of ether oxygens (including phenoxy) is 15. The van der Waals surface area contributed by atoms with E-state index in [9.17, 15) is 127 Å². The molecule has 25 N–H and O–H groups in total. The maximum atomic E-state index is 13.0. The Morgan fingerprint density at radius 1 is 0.289 bits per heavy atom. The van der Waals surface area contributed by atoms with Crippen molar-refractivity contribution >= 4 is 17.7 Å². The molecule has 0 unspecified atom stereocenters. The molecule has 40 atom stereocenters. The minimum atomic E-state index is -2.39. The zero-order valence-corrected chi connectivity index (χ0v) is 52.2. The van der Waals surface area contributed by atoms with Crippen LogP contribution in [0.3, 0.4) is 0 Å². The zero-order valence-electron chi connectivity index (χ0n) is 52.2. The monoisotopic (exact) mass is 1420 g/mol. The van der Waals surface area contributed by atoms with Gasteiger partial charge in [-0.1, -0.05) is 0 Å². The number of carbonyl (C=O) groups excluding carboxylic acids is 3. The highest BCUT2D eigenvalue weighted by Gasteiger charge is 2.59. The maximum Gasteiger partial charge on any atom is 0.217 e. The second-order valence-corrected chi connectivity index (χ2v) is 24.6. The molecule has 0 spiro atoms. The van der Waals surface area contributed by atoms with Crippen molar-refractivity contribution < 1.29 is 198 Å². The summed E-state index contributed by atoms with van der Waals surface area (Å²) in [6.45, 7) is -2.76. The van der Waals surface area contributed by atoms with E-state index < -0.39 is 309 Å². The van der Waals surface area contributed by atoms with Crippen LogP contribution in [0.5, 0.6) is 0 Å². The van der Waals surface area contributed by atoms with Crippen LogP contribution in [0.4, 0.5) is 0 Å². The highest BCUT2D eigenvalue weighted by Crippen LogP contribution is 2.38. The smallest absolute Gasteiger partial charge is 0.217 e. The number of hydrogen-bond acceptors (Lipinski definition) is 40. The van der Waals surface area contributed by atoms with Crippen molar-refractivity contribution in [1.29, 1.82) is 0 Å². The highest BCUT2D eigenvalue weighted by atomic mass is 16.8. The first-order chi connectivity index (χ1) is 45.8. The molecule has 8 heterocycles. The van der Waals surface area contributed by atoms with E-state index in [4.69, 9.17) is 71.1 Å². The van der Waals surface area contributed by atoms with Crippen LogP contribution >= 0.6 is 0 Å². The molecule has 0 aliphatic carbocycles. The van der Waals surface area contributed by atoms with E-state index in [0.717, 1.165) is 20.8 Å². The summed E-state index contributed by atoms with van der Waals surface area (Å²) in [6, 6.07) is -5.42. The molecule has 97 heavy (non-hydrogen) atoms. The van der Waals surface area contributed by atoms with E-state index in [1.54, 1.807) is 0 Å². The molecule has 8 rings (SSSR count). The van der Waals surface area contributed by atoms with Gasteiger partial charge in [-0.15, -0.1) is 0 Å². The maximum absolute atomic E-state index is 13.0. The van der Waals surface area contributed by atoms with Crippen molar-refractivity contribution in [3.05, 3.63) is 0 Å². The molecule has 0 aromatic rings. The Morgan fingerprint density at radius 2 is 0.619 bits per heavy atom. The largest absolute Gasteiger partial charge is 0.394 e. The molecule has 0 aromatic carbocycles. The first-order valence-corrected chi connectivity index (χ1v) is 31.0. The summed E-state index contributed by atoms with van der Waals surface area (Å²) in [5.74, 6) is -2.60. The lowest BCUT2D eigenvalue weighted by Gasteiger charge is -2.50. The molecule has 43 heteroatoms. The van der Waals surface area contributed by atoms with Gasteiger partial charge in [0.05, 0.1) is 52.4 Å². The van der Waals surface area contributed by atoms with Gasteiger partial charge in [0.25, 0.3) is 0 Å². The second kappa shape index (κ2) is 34.5. The molecule has 0 saturated carbocycles. The zero-order chi connectivity index (χ0) is 71.5. The predicted octanol–water partition coefficient (Wildman–Crippen LogP) is -17.0. The first-order valence-electron chi connectivity index (χ1n) is 31.0. The van der Waals surface area contributed by atoms with Gasteiger partial charge in [0, 0.05) is 20.8 Å². The Morgan fingerprint density at radius 3 is 1.08 bits per heavy atom. The van der Waals surface area contributed by atoms with Gasteiger partial charge in [0.1, 0.15) is 189 Å². The normalized spacial score (nSPS) is 49.9. The third-order valence-corrected chi connectivity index (χ3v) is 17.8. The van der Waals surface area contributed by atoms with Crippen LogP contribution in [0, 0.1) is 0 Å². The average molecular weight is 1420 g/mol. The standard InChI is InChI=1S/C54H91N3O40/c1-12-26(66)34(74)38(78)50(85-12)83-11-22-44(31(71)23(47(82)86-22)55-13(2)63)93-48-24(56-14(3)64)32(72)43(20(9-62)90-48)95-53-41(81)45(96-52-40(80)36(76)28(68)17(6-59)88-52)30(70)21(92-53)10-84-54-46(37(77)29(69)18(7-60)89-54)97-49-25(57-15(4)65)33(73)42(19(8-61)91-49)94-51-39(79)35(75)27(67)16(5-58)87-51/h12,16-54,58-62,66-82H,5-11H2,1-4H3,(H,55,63)(H,56,64)(H,57,65)/t12-,16+,17+,18+,19+,20+,21+,22+,23+,24+,25+,26+,27+,28+,29+,30+,31+,32+,33+,34+,35-,36-,37-,38-,39+,40-,41-,42+,43+,44+,45-,46-,47+,48-,49+,50+,51+,52+,53-,54+/m0/s1. The van der Waals surface area contributed by atoms with Crippen molar-refractivity contribution in [3.63, 3.8) is 0 Å². The van der Waals surface area contributed by atoms with Crippen molar-refractivity contribution in [2.24, 2.45) is 0 Å². The molecule has 8 saturated heterocycles. The second-order valence-electron chi connectivity index (χ2n) is 24.6. The molecule has 8 fully saturated rings. The van der Waals surface area contributed by atoms with Crippen molar-refractivity contribution in [2.45, 2.75) is 273 Å². The van der Waals surface area contributed by atoms with Crippen LogP contribution in [-0.2, 0) is 85.4 Å². The van der Waals surface area contributed by atoms with Gasteiger partial charge in [-0.25, -0.2) is 0 Å². The minimum Gasteiger partial charge on any atom is -0.394 e. The number of nitrogens with one attached hydrogen (secondary N) is 3. The van der Waals surface area contributed by atoms with E-state index in [1.165, 1.54) is 6.92 Å². The molecule has 3 amide bonds. The third-order valence-electron chi connectivity index (χ3n) is 17.8. The quantitative estimate of drug-likeness (QED) is 0.0427. The summed E-state index contributed by atoms with van der Waals surface area (Å²) >= 11 is 0. The molecule has 43 nitrogen and oxygen atoms in total. The summed E-state index contributed by atoms with van der Waals surface area (Å²) in [5.41, 5.74) is 0. The van der Waals surface area contributed by atoms with Crippen molar-refractivity contribution in [1.82, 2.24) is 16.0 Å². The lowest BCUT2D eigenvalue weighted by molar-refractivity contribution is -0.389. The van der Waals surface area contributed by atoms with Gasteiger partial charge >= 0.3 is 0 Å². The van der Waals surface area contributed by atoms with E-state index >= 15 is 0 Å². The van der Waals surface area contributed by atoms with Gasteiger partial charge < -0.3 is 199 Å². The Labute approximate surface area is 549 Å². The highest BCUT2D eigenvalue weighted by molar-refractivity contribution is 5.74. The fourth-order valence-electron chi connectivity index (χ4n) is 12.4. The van der Waals surface area contributed by atoms with E-state index in [-0.39, 0.29) is 0 Å². The summed E-state index contributed by atoms with van der Waals surface area (Å²) < 4.78 is 87.6. The van der Waals surface area contributed by atoms with E-state index in [2.05, 4.69) is 16.0 Å². The van der Waals surface area contributed by atoms with Gasteiger partial charge in [0.2, 0.25) is 17.7 Å². The van der Waals surface area contributed by atoms with Gasteiger partial charge in [0.15, 0.2) is 50.3 Å². The summed E-state index contributed by atoms with van der Waals surface area (Å²) in [4.78, 5) is 38.0. The van der Waals surface area contributed by atoms with Crippen LogP contribution in [0.25, 0.3) is 0 Å².